The lowest BCUT2D eigenvalue weighted by Crippen LogP contribution is -2.41. The molecule has 0 amide bonds. The molecule has 0 spiro atoms. The highest BCUT2D eigenvalue weighted by atomic mass is 32.2. The fourth-order valence-corrected chi connectivity index (χ4v) is 4.25. The second-order valence-electron chi connectivity index (χ2n) is 5.68. The molecule has 0 aromatic heterocycles. The Hall–Kier alpha value is -0.960. The molecule has 102 valence electrons. The monoisotopic (exact) mass is 274 g/mol. The van der Waals surface area contributed by atoms with E-state index in [9.17, 15) is 0 Å². The van der Waals surface area contributed by atoms with E-state index >= 15 is 0 Å². The topological polar surface area (TPSA) is 24.4 Å². The van der Waals surface area contributed by atoms with Crippen molar-refractivity contribution in [3.05, 3.63) is 35.4 Å². The fraction of sp³-hybridized carbons (Fsp3) is 0.562. The predicted molar refractivity (Wildman–Crippen MR) is 83.9 cm³/mol. The van der Waals surface area contributed by atoms with Crippen molar-refractivity contribution in [1.29, 1.82) is 0 Å². The number of amidine groups is 1. The summed E-state index contributed by atoms with van der Waals surface area (Å²) in [7, 11) is 0. The summed E-state index contributed by atoms with van der Waals surface area (Å²) in [4.78, 5) is 4.74. The molecule has 1 saturated heterocycles. The summed E-state index contributed by atoms with van der Waals surface area (Å²) in [5.74, 6) is 2.15. The summed E-state index contributed by atoms with van der Waals surface area (Å²) in [5, 5.41) is 4.80. The van der Waals surface area contributed by atoms with Gasteiger partial charge in [-0.25, -0.2) is 0 Å². The first-order chi connectivity index (χ1) is 9.31. The van der Waals surface area contributed by atoms with E-state index in [4.69, 9.17) is 4.99 Å². The maximum absolute atomic E-state index is 4.74. The lowest BCUT2D eigenvalue weighted by Gasteiger charge is -2.28. The molecule has 2 aliphatic rings. The van der Waals surface area contributed by atoms with Crippen LogP contribution in [0.2, 0.25) is 0 Å². The van der Waals surface area contributed by atoms with Crippen molar-refractivity contribution < 1.29 is 0 Å². The maximum Gasteiger partial charge on any atom is 0.156 e. The SMILES string of the molecule is Cc1cccc(CCN=C2NC3CCCC3CS2)c1. The number of aliphatic imine (C=N–C) groups is 1. The van der Waals surface area contributed by atoms with Crippen LogP contribution in [-0.4, -0.2) is 23.5 Å². The molecule has 1 aliphatic heterocycles. The van der Waals surface area contributed by atoms with Crippen molar-refractivity contribution in [2.75, 3.05) is 12.3 Å². The third-order valence-corrected chi connectivity index (χ3v) is 5.26. The van der Waals surface area contributed by atoms with Crippen LogP contribution >= 0.6 is 11.8 Å². The number of nitrogens with one attached hydrogen (secondary N) is 1. The highest BCUT2D eigenvalue weighted by Gasteiger charge is 2.31. The van der Waals surface area contributed by atoms with Crippen LogP contribution in [0.1, 0.15) is 30.4 Å². The third kappa shape index (κ3) is 3.33. The van der Waals surface area contributed by atoms with Crippen molar-refractivity contribution in [3.63, 3.8) is 0 Å². The van der Waals surface area contributed by atoms with Crippen LogP contribution in [0.5, 0.6) is 0 Å². The average molecular weight is 274 g/mol. The first kappa shape index (κ1) is 13.0. The normalized spacial score (nSPS) is 28.2. The van der Waals surface area contributed by atoms with E-state index in [1.165, 1.54) is 41.3 Å². The molecule has 2 unspecified atom stereocenters. The van der Waals surface area contributed by atoms with Crippen LogP contribution in [0.3, 0.4) is 0 Å². The Labute approximate surface area is 120 Å². The molecule has 2 nitrogen and oxygen atoms in total. The van der Waals surface area contributed by atoms with E-state index in [-0.39, 0.29) is 0 Å². The number of nitrogens with zero attached hydrogens (tertiary/aromatic N) is 1. The Morgan fingerprint density at radius 3 is 3.21 bits per heavy atom. The highest BCUT2D eigenvalue weighted by molar-refractivity contribution is 8.13. The minimum absolute atomic E-state index is 0.707. The standard InChI is InChI=1S/C16H22N2S/c1-12-4-2-5-13(10-12)8-9-17-16-18-15-7-3-6-14(15)11-19-16/h2,4-5,10,14-15H,3,6-9,11H2,1H3,(H,17,18). The van der Waals surface area contributed by atoms with Crippen LogP contribution < -0.4 is 5.32 Å². The lowest BCUT2D eigenvalue weighted by atomic mass is 10.1. The van der Waals surface area contributed by atoms with Crippen molar-refractivity contribution in [3.8, 4) is 0 Å². The Morgan fingerprint density at radius 1 is 1.37 bits per heavy atom. The lowest BCUT2D eigenvalue weighted by molar-refractivity contribution is 0.490. The summed E-state index contributed by atoms with van der Waals surface area (Å²) in [5.41, 5.74) is 2.73. The number of thioether (sulfide) groups is 1. The first-order valence-corrected chi connectivity index (χ1v) is 8.29. The Balaban J connectivity index is 1.52. The third-order valence-electron chi connectivity index (χ3n) is 4.14. The van der Waals surface area contributed by atoms with E-state index in [1.807, 2.05) is 11.8 Å². The molecule has 1 heterocycles. The molecule has 3 rings (SSSR count). The highest BCUT2D eigenvalue weighted by Crippen LogP contribution is 2.32. The largest absolute Gasteiger partial charge is 0.362 e. The predicted octanol–water partition coefficient (Wildman–Crippen LogP) is 3.40. The van der Waals surface area contributed by atoms with E-state index < -0.39 is 0 Å². The van der Waals surface area contributed by atoms with E-state index in [2.05, 4.69) is 36.5 Å². The molecule has 0 bridgehead atoms. The van der Waals surface area contributed by atoms with Crippen molar-refractivity contribution in [2.24, 2.45) is 10.9 Å². The summed E-state index contributed by atoms with van der Waals surface area (Å²) in [6.07, 6.45) is 5.17. The quantitative estimate of drug-likeness (QED) is 0.913. The van der Waals surface area contributed by atoms with Gasteiger partial charge >= 0.3 is 0 Å². The van der Waals surface area contributed by atoms with Gasteiger partial charge in [-0.15, -0.1) is 0 Å². The van der Waals surface area contributed by atoms with Gasteiger partial charge in [-0.2, -0.15) is 0 Å². The number of rotatable bonds is 3. The smallest absolute Gasteiger partial charge is 0.156 e. The minimum Gasteiger partial charge on any atom is -0.362 e. The van der Waals surface area contributed by atoms with Crippen molar-refractivity contribution >= 4 is 16.9 Å². The summed E-state index contributed by atoms with van der Waals surface area (Å²) in [6, 6.07) is 9.44. The van der Waals surface area contributed by atoms with Gasteiger partial charge in [0, 0.05) is 18.3 Å². The Bertz CT molecular complexity index is 470. The fourth-order valence-electron chi connectivity index (χ4n) is 3.06. The molecule has 3 heteroatoms. The number of aryl methyl sites for hydroxylation is 1. The molecular formula is C16H22N2S. The van der Waals surface area contributed by atoms with Gasteiger partial charge in [0.2, 0.25) is 0 Å². The number of hydrogen-bond donors (Lipinski definition) is 1. The Kier molecular flexibility index (Phi) is 4.12. The molecular weight excluding hydrogens is 252 g/mol. The van der Waals surface area contributed by atoms with Crippen LogP contribution in [0.15, 0.2) is 29.3 Å². The van der Waals surface area contributed by atoms with Crippen LogP contribution in [0, 0.1) is 12.8 Å². The second-order valence-corrected chi connectivity index (χ2v) is 6.69. The van der Waals surface area contributed by atoms with Gasteiger partial charge in [0.25, 0.3) is 0 Å². The number of fused-ring (bicyclic) bond motifs is 1. The van der Waals surface area contributed by atoms with Crippen LogP contribution in [0.4, 0.5) is 0 Å². The van der Waals surface area contributed by atoms with Gasteiger partial charge in [0.05, 0.1) is 0 Å². The second kappa shape index (κ2) is 6.00. The van der Waals surface area contributed by atoms with Gasteiger partial charge in [-0.05, 0) is 37.7 Å². The first-order valence-electron chi connectivity index (χ1n) is 7.30. The van der Waals surface area contributed by atoms with Gasteiger partial charge in [0.15, 0.2) is 5.17 Å². The zero-order valence-electron chi connectivity index (χ0n) is 11.6. The average Bonchev–Trinajstić information content (AvgIpc) is 2.86. The number of benzene rings is 1. The molecule has 2 atom stereocenters. The minimum atomic E-state index is 0.707. The molecule has 1 saturated carbocycles. The number of hydrogen-bond acceptors (Lipinski definition) is 2. The summed E-state index contributed by atoms with van der Waals surface area (Å²) >= 11 is 1.92. The molecule has 2 fully saturated rings. The van der Waals surface area contributed by atoms with E-state index in [0.717, 1.165) is 18.9 Å². The molecule has 1 aliphatic carbocycles. The molecule has 0 radical (unpaired) electrons. The van der Waals surface area contributed by atoms with Crippen molar-refractivity contribution in [1.82, 2.24) is 5.32 Å². The van der Waals surface area contributed by atoms with Crippen LogP contribution in [-0.2, 0) is 6.42 Å². The van der Waals surface area contributed by atoms with Gasteiger partial charge in [-0.3, -0.25) is 4.99 Å². The van der Waals surface area contributed by atoms with Gasteiger partial charge in [0.1, 0.15) is 0 Å². The molecule has 1 aromatic carbocycles. The van der Waals surface area contributed by atoms with Gasteiger partial charge < -0.3 is 5.32 Å². The zero-order valence-corrected chi connectivity index (χ0v) is 12.4. The van der Waals surface area contributed by atoms with Crippen LogP contribution in [0.25, 0.3) is 0 Å². The molecule has 19 heavy (non-hydrogen) atoms. The van der Waals surface area contributed by atoms with E-state index in [0.29, 0.717) is 6.04 Å². The summed E-state index contributed by atoms with van der Waals surface area (Å²) < 4.78 is 0. The molecule has 1 aromatic rings. The maximum atomic E-state index is 4.74. The zero-order chi connectivity index (χ0) is 13.1. The van der Waals surface area contributed by atoms with E-state index in [1.54, 1.807) is 0 Å². The molecule has 1 N–H and O–H groups in total. The van der Waals surface area contributed by atoms with Crippen molar-refractivity contribution in [2.45, 2.75) is 38.6 Å². The Morgan fingerprint density at radius 2 is 2.32 bits per heavy atom. The van der Waals surface area contributed by atoms with Gasteiger partial charge in [-0.1, -0.05) is 48.0 Å². The summed E-state index contributed by atoms with van der Waals surface area (Å²) in [6.45, 7) is 3.05.